The molecule has 0 fully saturated rings. The van der Waals surface area contributed by atoms with E-state index in [1.165, 1.54) is 6.08 Å². The molecule has 0 aromatic rings. The molecule has 0 N–H and O–H groups in total. The van der Waals surface area contributed by atoms with Crippen molar-refractivity contribution in [2.75, 3.05) is 12.4 Å². The van der Waals surface area contributed by atoms with Gasteiger partial charge in [-0.2, -0.15) is 0 Å². The molecule has 0 amide bonds. The molecule has 0 saturated carbocycles. The second kappa shape index (κ2) is 8.61. The van der Waals surface area contributed by atoms with Crippen molar-refractivity contribution < 1.29 is 28.9 Å². The van der Waals surface area contributed by atoms with E-state index in [4.69, 9.17) is 4.52 Å². The second-order valence-electron chi connectivity index (χ2n) is 1.62. The molecule has 0 bridgehead atoms. The first-order chi connectivity index (χ1) is 5.12. The molecule has 1 atom stereocenters. The average Bonchev–Trinajstić information content (AvgIpc) is 1.97. The molecule has 0 heterocycles. The maximum atomic E-state index is 11.2. The average molecular weight is 275 g/mol. The zero-order chi connectivity index (χ0) is 8.74. The number of rotatable bonds is 6. The van der Waals surface area contributed by atoms with Gasteiger partial charge >= 0.3 is 19.5 Å². The smallest absolute Gasteiger partial charge is 0.793 e. The van der Waals surface area contributed by atoms with Gasteiger partial charge in [-0.25, -0.2) is 0 Å². The van der Waals surface area contributed by atoms with Crippen molar-refractivity contribution in [3.05, 3.63) is 25.3 Å². The first-order valence-corrected chi connectivity index (χ1v) is 7.17. The van der Waals surface area contributed by atoms with E-state index in [-0.39, 0.29) is 26.1 Å². The molecular weight excluding hydrogens is 265 g/mol. The van der Waals surface area contributed by atoms with E-state index in [1.54, 1.807) is 6.08 Å². The largest absolute Gasteiger partial charge is 1.00 e. The van der Waals surface area contributed by atoms with Crippen molar-refractivity contribution in [3.63, 3.8) is 0 Å². The minimum atomic E-state index is -2.87. The topological polar surface area (TPSA) is 32.3 Å². The van der Waals surface area contributed by atoms with Gasteiger partial charge in [0.25, 0.3) is 0 Å². The van der Waals surface area contributed by atoms with Gasteiger partial charge in [0.15, 0.2) is 0 Å². The third kappa shape index (κ3) is 9.11. The Bertz CT molecular complexity index is 170. The van der Waals surface area contributed by atoms with Gasteiger partial charge in [-0.1, -0.05) is 24.0 Å². The zero-order valence-electron chi connectivity index (χ0n) is 6.77. The van der Waals surface area contributed by atoms with Gasteiger partial charge in [0, 0.05) is 11.4 Å². The fourth-order valence-corrected chi connectivity index (χ4v) is 2.98. The van der Waals surface area contributed by atoms with Crippen molar-refractivity contribution in [1.29, 1.82) is 0 Å². The van der Waals surface area contributed by atoms with Gasteiger partial charge in [-0.05, 0) is 0 Å². The maximum Gasteiger partial charge on any atom is 1.00 e. The standard InChI is InChI=1S/C6H11O2PS2.Zn/c1-3-5-8-9(7,10)11-6-4-2;/h3-4H,1-2,5-6H2,(H,7,10);/q;+1/p-1. The van der Waals surface area contributed by atoms with Crippen LogP contribution in [0, 0.1) is 0 Å². The summed E-state index contributed by atoms with van der Waals surface area (Å²) in [7, 11) is 0. The van der Waals surface area contributed by atoms with E-state index in [2.05, 4.69) is 25.0 Å². The Morgan fingerprint density at radius 1 is 1.50 bits per heavy atom. The SMILES string of the molecule is C=CCOP([O-])(=S)SCC=C.[Zn+]. The summed E-state index contributed by atoms with van der Waals surface area (Å²) in [6.45, 7) is 7.14. The van der Waals surface area contributed by atoms with Crippen LogP contribution < -0.4 is 4.89 Å². The molecule has 0 rings (SSSR count). The van der Waals surface area contributed by atoms with Gasteiger partial charge in [-0.15, -0.1) is 24.5 Å². The van der Waals surface area contributed by atoms with Crippen LogP contribution in [0.4, 0.5) is 0 Å². The van der Waals surface area contributed by atoms with Gasteiger partial charge in [0.2, 0.25) is 0 Å². The predicted octanol–water partition coefficient (Wildman–Crippen LogP) is 1.69. The van der Waals surface area contributed by atoms with Crippen LogP contribution in [-0.4, -0.2) is 12.4 Å². The van der Waals surface area contributed by atoms with Crippen molar-refractivity contribution in [1.82, 2.24) is 0 Å². The molecule has 0 aliphatic carbocycles. The van der Waals surface area contributed by atoms with Crippen LogP contribution in [0.1, 0.15) is 0 Å². The Morgan fingerprint density at radius 3 is 2.50 bits per heavy atom. The Balaban J connectivity index is 0. The minimum Gasteiger partial charge on any atom is -0.793 e. The molecule has 0 aliphatic rings. The first kappa shape index (κ1) is 15.5. The van der Waals surface area contributed by atoms with Crippen LogP contribution in [0.2, 0.25) is 0 Å². The summed E-state index contributed by atoms with van der Waals surface area (Å²) < 4.78 is 4.85. The van der Waals surface area contributed by atoms with Gasteiger partial charge in [0.05, 0.1) is 6.61 Å². The summed E-state index contributed by atoms with van der Waals surface area (Å²) in [4.78, 5) is 11.2. The molecule has 65 valence electrons. The Hall–Kier alpha value is 1.02. The molecule has 0 aromatic carbocycles. The molecular formula is C6H10O2PS2Zn. The van der Waals surface area contributed by atoms with E-state index >= 15 is 0 Å². The monoisotopic (exact) mass is 273 g/mol. The summed E-state index contributed by atoms with van der Waals surface area (Å²) >= 11 is 5.78. The van der Waals surface area contributed by atoms with Crippen molar-refractivity contribution in [3.8, 4) is 0 Å². The van der Waals surface area contributed by atoms with E-state index in [0.29, 0.717) is 5.75 Å². The summed E-state index contributed by atoms with van der Waals surface area (Å²) in [5.74, 6) is 0.553. The Kier molecular flexibility index (Phi) is 11.1. The van der Waals surface area contributed by atoms with E-state index < -0.39 is 5.69 Å². The fraction of sp³-hybridized carbons (Fsp3) is 0.333. The van der Waals surface area contributed by atoms with Crippen LogP contribution in [0.15, 0.2) is 25.3 Å². The summed E-state index contributed by atoms with van der Waals surface area (Å²) in [6, 6.07) is 0. The van der Waals surface area contributed by atoms with Crippen molar-refractivity contribution in [2.24, 2.45) is 0 Å². The minimum absolute atomic E-state index is 0. The fourth-order valence-electron chi connectivity index (χ4n) is 0.325. The van der Waals surface area contributed by atoms with Crippen LogP contribution in [0.5, 0.6) is 0 Å². The molecule has 2 nitrogen and oxygen atoms in total. The molecule has 6 heteroatoms. The molecule has 0 aliphatic heterocycles. The number of hydrogen-bond donors (Lipinski definition) is 0. The molecule has 0 aromatic heterocycles. The Morgan fingerprint density at radius 2 is 2.08 bits per heavy atom. The summed E-state index contributed by atoms with van der Waals surface area (Å²) in [5, 5.41) is 0. The molecule has 1 radical (unpaired) electrons. The van der Waals surface area contributed by atoms with E-state index in [9.17, 15) is 4.89 Å². The molecule has 12 heavy (non-hydrogen) atoms. The maximum absolute atomic E-state index is 11.2. The van der Waals surface area contributed by atoms with Crippen LogP contribution in [0.25, 0.3) is 0 Å². The number of hydrogen-bond acceptors (Lipinski definition) is 4. The Labute approximate surface area is 95.1 Å². The van der Waals surface area contributed by atoms with Crippen LogP contribution >= 0.6 is 17.1 Å². The summed E-state index contributed by atoms with van der Waals surface area (Å²) in [5.41, 5.74) is -2.87. The van der Waals surface area contributed by atoms with Gasteiger partial charge < -0.3 is 9.42 Å². The second-order valence-corrected chi connectivity index (χ2v) is 7.71. The zero-order valence-corrected chi connectivity index (χ0v) is 12.3. The van der Waals surface area contributed by atoms with Gasteiger partial charge in [-0.3, -0.25) is 0 Å². The predicted molar refractivity (Wildman–Crippen MR) is 53.1 cm³/mol. The molecule has 0 spiro atoms. The summed E-state index contributed by atoms with van der Waals surface area (Å²) in [6.07, 6.45) is 3.16. The van der Waals surface area contributed by atoms with Gasteiger partial charge in [0.1, 0.15) is 0 Å². The van der Waals surface area contributed by atoms with Crippen LogP contribution in [-0.2, 0) is 35.8 Å². The first-order valence-electron chi connectivity index (χ1n) is 2.94. The van der Waals surface area contributed by atoms with E-state index in [0.717, 1.165) is 11.4 Å². The van der Waals surface area contributed by atoms with E-state index in [1.807, 2.05) is 0 Å². The third-order valence-electron chi connectivity index (χ3n) is 0.701. The van der Waals surface area contributed by atoms with Crippen molar-refractivity contribution in [2.45, 2.75) is 0 Å². The third-order valence-corrected chi connectivity index (χ3v) is 4.84. The quantitative estimate of drug-likeness (QED) is 0.419. The van der Waals surface area contributed by atoms with Crippen LogP contribution in [0.3, 0.4) is 0 Å². The normalized spacial score (nSPS) is 14.1. The van der Waals surface area contributed by atoms with Crippen molar-refractivity contribution >= 4 is 28.9 Å². The molecule has 0 saturated heterocycles. The molecule has 1 unspecified atom stereocenters.